The first-order chi connectivity index (χ1) is 31.5. The van der Waals surface area contributed by atoms with Gasteiger partial charge in [-0.25, -0.2) is 4.57 Å². The van der Waals surface area contributed by atoms with Crippen LogP contribution in [0.25, 0.3) is 0 Å². The third-order valence-corrected chi connectivity index (χ3v) is 13.9. The maximum absolute atomic E-state index is 12.8. The monoisotopic (exact) mass is 945 g/mol. The first-order valence-electron chi connectivity index (χ1n) is 28.3. The van der Waals surface area contributed by atoms with Gasteiger partial charge >= 0.3 is 19.8 Å². The molecule has 0 aromatic heterocycles. The molecule has 0 saturated heterocycles. The molecule has 1 N–H and O–H groups in total. The summed E-state index contributed by atoms with van der Waals surface area (Å²) < 4.78 is 34.6. The van der Waals surface area contributed by atoms with Gasteiger partial charge in [-0.15, -0.1) is 0 Å². The summed E-state index contributed by atoms with van der Waals surface area (Å²) in [4.78, 5) is 35.6. The van der Waals surface area contributed by atoms with Crippen molar-refractivity contribution >= 4 is 19.8 Å². The minimum Gasteiger partial charge on any atom is -0.462 e. The van der Waals surface area contributed by atoms with Crippen molar-refractivity contribution in [2.24, 2.45) is 0 Å². The van der Waals surface area contributed by atoms with Gasteiger partial charge in [0.25, 0.3) is 0 Å². The summed E-state index contributed by atoms with van der Waals surface area (Å²) in [6, 6.07) is 0. The fourth-order valence-electron chi connectivity index (χ4n) is 8.49. The number of nitrogens with zero attached hydrogens (tertiary/aromatic N) is 1. The average Bonchev–Trinajstić information content (AvgIpc) is 3.26. The Morgan fingerprint density at radius 1 is 0.415 bits per heavy atom. The van der Waals surface area contributed by atoms with Crippen LogP contribution in [-0.2, 0) is 32.7 Å². The lowest BCUT2D eigenvalue weighted by Gasteiger charge is -2.24. The smallest absolute Gasteiger partial charge is 0.462 e. The van der Waals surface area contributed by atoms with Gasteiger partial charge in [-0.1, -0.05) is 264 Å². The van der Waals surface area contributed by atoms with E-state index in [9.17, 15) is 19.0 Å². The highest BCUT2D eigenvalue weighted by molar-refractivity contribution is 7.47. The molecule has 0 aromatic carbocycles. The number of carbonyl (C=O) groups excluding carboxylic acids is 2. The molecule has 2 unspecified atom stereocenters. The Morgan fingerprint density at radius 3 is 0.985 bits per heavy atom. The van der Waals surface area contributed by atoms with Crippen LogP contribution in [0.5, 0.6) is 0 Å². The zero-order valence-electron chi connectivity index (χ0n) is 44.0. The predicted molar refractivity (Wildman–Crippen MR) is 275 cm³/mol. The van der Waals surface area contributed by atoms with Crippen LogP contribution in [0.3, 0.4) is 0 Å². The van der Waals surface area contributed by atoms with E-state index in [2.05, 4.69) is 13.8 Å². The molecule has 0 aliphatic rings. The fourth-order valence-corrected chi connectivity index (χ4v) is 9.23. The zero-order chi connectivity index (χ0) is 47.8. The second kappa shape index (κ2) is 48.1. The van der Waals surface area contributed by atoms with Gasteiger partial charge in [-0.2, -0.15) is 0 Å². The molecule has 0 fully saturated rings. The molecule has 0 rings (SSSR count). The van der Waals surface area contributed by atoms with E-state index in [0.29, 0.717) is 17.4 Å². The Bertz CT molecular complexity index is 1070. The first-order valence-corrected chi connectivity index (χ1v) is 29.8. The standard InChI is InChI=1S/C55H110NO8P/c1-6-8-10-12-14-16-18-20-22-24-25-26-27-28-29-30-32-34-36-38-40-42-44-46-48-55(58)64-53(52-63-65(59,60)62-50-49-56(3,4)5)51-61-54(57)47-45-43-41-39-37-35-33-31-23-21-19-17-15-13-11-9-7-2/h53H,6-52H2,1-5H3/p+1. The molecular weight excluding hydrogens is 834 g/mol. The number of hydrogen-bond donors (Lipinski definition) is 1. The molecule has 0 aromatic rings. The van der Waals surface area contributed by atoms with Crippen LogP contribution in [0.4, 0.5) is 0 Å². The lowest BCUT2D eigenvalue weighted by molar-refractivity contribution is -0.870. The molecule has 0 aliphatic carbocycles. The van der Waals surface area contributed by atoms with Crippen LogP contribution in [0.1, 0.15) is 290 Å². The van der Waals surface area contributed by atoms with Gasteiger partial charge in [-0.05, 0) is 12.8 Å². The summed E-state index contributed by atoms with van der Waals surface area (Å²) in [6.07, 6.45) is 53.1. The summed E-state index contributed by atoms with van der Waals surface area (Å²) >= 11 is 0. The van der Waals surface area contributed by atoms with Gasteiger partial charge in [-0.3, -0.25) is 18.6 Å². The number of phosphoric ester groups is 1. The molecule has 0 spiro atoms. The van der Waals surface area contributed by atoms with Crippen molar-refractivity contribution in [1.82, 2.24) is 0 Å². The van der Waals surface area contributed by atoms with E-state index in [1.807, 2.05) is 21.1 Å². The fraction of sp³-hybridized carbons (Fsp3) is 0.964. The lowest BCUT2D eigenvalue weighted by Crippen LogP contribution is -2.37. The molecule has 0 saturated carbocycles. The van der Waals surface area contributed by atoms with E-state index >= 15 is 0 Å². The van der Waals surface area contributed by atoms with E-state index in [-0.39, 0.29) is 25.6 Å². The van der Waals surface area contributed by atoms with E-state index < -0.39 is 26.5 Å². The second-order valence-electron chi connectivity index (χ2n) is 20.7. The zero-order valence-corrected chi connectivity index (χ0v) is 44.9. The van der Waals surface area contributed by atoms with Crippen LogP contribution in [0, 0.1) is 0 Å². The van der Waals surface area contributed by atoms with Crippen LogP contribution in [0.2, 0.25) is 0 Å². The van der Waals surface area contributed by atoms with Crippen molar-refractivity contribution in [2.45, 2.75) is 296 Å². The van der Waals surface area contributed by atoms with Crippen molar-refractivity contribution in [3.05, 3.63) is 0 Å². The van der Waals surface area contributed by atoms with Gasteiger partial charge < -0.3 is 18.9 Å². The molecule has 0 heterocycles. The largest absolute Gasteiger partial charge is 0.472 e. The number of unbranched alkanes of at least 4 members (excludes halogenated alkanes) is 39. The Balaban J connectivity index is 4.11. The summed E-state index contributed by atoms with van der Waals surface area (Å²) in [5, 5.41) is 0. The summed E-state index contributed by atoms with van der Waals surface area (Å²) in [6.45, 7) is 4.50. The van der Waals surface area contributed by atoms with Crippen LogP contribution in [0.15, 0.2) is 0 Å². The SMILES string of the molecule is CCCCCCCCCCCCCCCCCCCCCCCCCCC(=O)OC(COC(=O)CCCCCCCCCCCCCCCCCCC)COP(=O)(O)OCC[N+](C)(C)C. The van der Waals surface area contributed by atoms with Crippen molar-refractivity contribution in [3.63, 3.8) is 0 Å². The normalized spacial score (nSPS) is 13.3. The third-order valence-electron chi connectivity index (χ3n) is 12.9. The van der Waals surface area contributed by atoms with Gasteiger partial charge in [0.1, 0.15) is 19.8 Å². The number of hydrogen-bond acceptors (Lipinski definition) is 7. The Morgan fingerprint density at radius 2 is 0.692 bits per heavy atom. The minimum absolute atomic E-state index is 0.0373. The number of rotatable bonds is 53. The maximum atomic E-state index is 12.8. The summed E-state index contributed by atoms with van der Waals surface area (Å²) in [5.74, 6) is -0.774. The highest BCUT2D eigenvalue weighted by atomic mass is 31.2. The van der Waals surface area contributed by atoms with Gasteiger partial charge in [0.05, 0.1) is 27.7 Å². The van der Waals surface area contributed by atoms with Crippen molar-refractivity contribution in [3.8, 4) is 0 Å². The average molecular weight is 945 g/mol. The summed E-state index contributed by atoms with van der Waals surface area (Å²) in [7, 11) is 1.50. The van der Waals surface area contributed by atoms with Gasteiger partial charge in [0, 0.05) is 12.8 Å². The van der Waals surface area contributed by atoms with Gasteiger partial charge in [0.15, 0.2) is 6.10 Å². The molecule has 9 nitrogen and oxygen atoms in total. The maximum Gasteiger partial charge on any atom is 0.472 e. The quantitative estimate of drug-likeness (QED) is 0.0278. The van der Waals surface area contributed by atoms with E-state index in [1.54, 1.807) is 0 Å². The molecule has 0 aliphatic heterocycles. The van der Waals surface area contributed by atoms with E-state index in [4.69, 9.17) is 18.5 Å². The Hall–Kier alpha value is -0.990. The van der Waals surface area contributed by atoms with Crippen molar-refractivity contribution in [2.75, 3.05) is 47.5 Å². The highest BCUT2D eigenvalue weighted by Gasteiger charge is 2.27. The van der Waals surface area contributed by atoms with Crippen LogP contribution >= 0.6 is 7.82 Å². The van der Waals surface area contributed by atoms with Crippen LogP contribution in [-0.4, -0.2) is 74.9 Å². The molecule has 0 radical (unpaired) electrons. The molecule has 0 bridgehead atoms. The summed E-state index contributed by atoms with van der Waals surface area (Å²) in [5.41, 5.74) is 0. The molecule has 2 atom stereocenters. The molecule has 10 heteroatoms. The first kappa shape index (κ1) is 64.0. The predicted octanol–water partition coefficient (Wildman–Crippen LogP) is 17.1. The molecule has 0 amide bonds. The number of quaternary nitrogens is 1. The minimum atomic E-state index is -4.37. The highest BCUT2D eigenvalue weighted by Crippen LogP contribution is 2.43. The van der Waals surface area contributed by atoms with Crippen molar-refractivity contribution < 1.29 is 42.1 Å². The lowest BCUT2D eigenvalue weighted by atomic mass is 10.0. The second-order valence-corrected chi connectivity index (χ2v) is 22.1. The third kappa shape index (κ3) is 52.2. The molecule has 388 valence electrons. The number of phosphoric acid groups is 1. The number of ether oxygens (including phenoxy) is 2. The number of esters is 2. The van der Waals surface area contributed by atoms with Gasteiger partial charge in [0.2, 0.25) is 0 Å². The van der Waals surface area contributed by atoms with Crippen molar-refractivity contribution in [1.29, 1.82) is 0 Å². The Labute approximate surface area is 404 Å². The molecular formula is C55H111NO8P+. The topological polar surface area (TPSA) is 108 Å². The Kier molecular flexibility index (Phi) is 47.3. The number of likely N-dealkylation sites (N-methyl/N-ethyl adjacent to an activating group) is 1. The van der Waals surface area contributed by atoms with E-state index in [1.165, 1.54) is 225 Å². The van der Waals surface area contributed by atoms with E-state index in [0.717, 1.165) is 38.5 Å². The molecule has 65 heavy (non-hydrogen) atoms. The number of carbonyl (C=O) groups is 2. The van der Waals surface area contributed by atoms with Crippen LogP contribution < -0.4 is 0 Å².